The molecule has 1 N–H and O–H groups in total. The number of nitrogens with zero attached hydrogens (tertiary/aromatic N) is 1. The lowest BCUT2D eigenvalue weighted by molar-refractivity contribution is -0.120. The Hall–Kier alpha value is -1.84. The number of halogens is 3. The van der Waals surface area contributed by atoms with Crippen molar-refractivity contribution in [3.05, 3.63) is 58.6 Å². The average molecular weight is 459 g/mol. The number of sulfonamides is 1. The molecule has 1 saturated heterocycles. The highest BCUT2D eigenvalue weighted by Crippen LogP contribution is 2.27. The van der Waals surface area contributed by atoms with Crippen molar-refractivity contribution in [1.82, 2.24) is 4.31 Å². The van der Waals surface area contributed by atoms with Crippen molar-refractivity contribution in [2.24, 2.45) is 0 Å². The van der Waals surface area contributed by atoms with E-state index in [1.54, 1.807) is 12.1 Å². The van der Waals surface area contributed by atoms with E-state index in [9.17, 15) is 22.0 Å². The summed E-state index contributed by atoms with van der Waals surface area (Å²) in [7, 11) is -3.86. The van der Waals surface area contributed by atoms with Gasteiger partial charge in [-0.2, -0.15) is 4.31 Å². The second-order valence-electron chi connectivity index (χ2n) is 6.20. The first-order valence-corrected chi connectivity index (χ1v) is 10.6. The first-order chi connectivity index (χ1) is 12.8. The first-order valence-electron chi connectivity index (χ1n) is 8.32. The SMILES string of the molecule is O=C(Nc1ccc(F)c(F)c1)[C@@H]1CCCCN1S(=O)(=O)c1ccc(Br)cc1. The smallest absolute Gasteiger partial charge is 0.243 e. The molecule has 1 heterocycles. The molecule has 1 aliphatic rings. The second kappa shape index (κ2) is 8.04. The van der Waals surface area contributed by atoms with Gasteiger partial charge in [0.05, 0.1) is 4.90 Å². The van der Waals surface area contributed by atoms with Crippen LogP contribution in [0.15, 0.2) is 51.8 Å². The normalized spacial score (nSPS) is 18.3. The Labute approximate surface area is 164 Å². The number of carbonyl (C=O) groups excluding carboxylic acids is 1. The molecule has 2 aromatic rings. The predicted molar refractivity (Wildman–Crippen MR) is 101 cm³/mol. The molecule has 144 valence electrons. The molecule has 5 nitrogen and oxygen atoms in total. The van der Waals surface area contributed by atoms with E-state index in [0.29, 0.717) is 19.3 Å². The van der Waals surface area contributed by atoms with Gasteiger partial charge in [0.25, 0.3) is 0 Å². The van der Waals surface area contributed by atoms with Gasteiger partial charge in [-0.1, -0.05) is 22.4 Å². The summed E-state index contributed by atoms with van der Waals surface area (Å²) in [5.41, 5.74) is 0.0745. The minimum absolute atomic E-state index is 0.0745. The van der Waals surface area contributed by atoms with E-state index >= 15 is 0 Å². The highest BCUT2D eigenvalue weighted by atomic mass is 79.9. The van der Waals surface area contributed by atoms with Crippen molar-refractivity contribution < 1.29 is 22.0 Å². The van der Waals surface area contributed by atoms with Crippen molar-refractivity contribution in [2.75, 3.05) is 11.9 Å². The Morgan fingerprint density at radius 2 is 1.78 bits per heavy atom. The van der Waals surface area contributed by atoms with Crippen LogP contribution in [0.3, 0.4) is 0 Å². The van der Waals surface area contributed by atoms with Gasteiger partial charge in [-0.25, -0.2) is 17.2 Å². The Kier molecular flexibility index (Phi) is 5.92. The van der Waals surface area contributed by atoms with Crippen LogP contribution >= 0.6 is 15.9 Å². The molecule has 1 fully saturated rings. The second-order valence-corrected chi connectivity index (χ2v) is 9.01. The highest BCUT2D eigenvalue weighted by molar-refractivity contribution is 9.10. The average Bonchev–Trinajstić information content (AvgIpc) is 2.65. The topological polar surface area (TPSA) is 66.5 Å². The fourth-order valence-electron chi connectivity index (χ4n) is 3.00. The number of hydrogen-bond acceptors (Lipinski definition) is 3. The van der Waals surface area contributed by atoms with Crippen LogP contribution in [0.2, 0.25) is 0 Å². The molecule has 0 saturated carbocycles. The lowest BCUT2D eigenvalue weighted by Crippen LogP contribution is -2.49. The summed E-state index contributed by atoms with van der Waals surface area (Å²) in [5.74, 6) is -2.68. The van der Waals surface area contributed by atoms with Gasteiger partial charge in [-0.05, 0) is 49.2 Å². The van der Waals surface area contributed by atoms with Crippen LogP contribution in [-0.2, 0) is 14.8 Å². The van der Waals surface area contributed by atoms with Gasteiger partial charge >= 0.3 is 0 Å². The molecule has 0 aliphatic carbocycles. The molecular formula is C18H17BrF2N2O3S. The highest BCUT2D eigenvalue weighted by Gasteiger charge is 2.37. The predicted octanol–water partition coefficient (Wildman–Crippen LogP) is 3.91. The van der Waals surface area contributed by atoms with E-state index < -0.39 is 33.6 Å². The van der Waals surface area contributed by atoms with E-state index in [-0.39, 0.29) is 17.1 Å². The van der Waals surface area contributed by atoms with Crippen molar-refractivity contribution in [3.8, 4) is 0 Å². The molecule has 0 bridgehead atoms. The maximum Gasteiger partial charge on any atom is 0.243 e. The molecule has 0 aromatic heterocycles. The van der Waals surface area contributed by atoms with Crippen LogP contribution < -0.4 is 5.32 Å². The third-order valence-corrected chi connectivity index (χ3v) is 6.81. The van der Waals surface area contributed by atoms with Crippen molar-refractivity contribution >= 4 is 37.5 Å². The minimum Gasteiger partial charge on any atom is -0.325 e. The fourth-order valence-corrected chi connectivity index (χ4v) is 4.92. The summed E-state index contributed by atoms with van der Waals surface area (Å²) >= 11 is 3.26. The lowest BCUT2D eigenvalue weighted by atomic mass is 10.0. The van der Waals surface area contributed by atoms with E-state index in [4.69, 9.17) is 0 Å². The van der Waals surface area contributed by atoms with E-state index in [2.05, 4.69) is 21.2 Å². The maximum absolute atomic E-state index is 13.4. The number of nitrogens with one attached hydrogen (secondary N) is 1. The van der Waals surface area contributed by atoms with Crippen molar-refractivity contribution in [1.29, 1.82) is 0 Å². The molecule has 1 atom stereocenters. The molecule has 0 spiro atoms. The van der Waals surface area contributed by atoms with Crippen molar-refractivity contribution in [3.63, 3.8) is 0 Å². The standard InChI is InChI=1S/C18H17BrF2N2O3S/c19-12-4-7-14(8-5-12)27(25,26)23-10-2-1-3-17(23)18(24)22-13-6-9-15(20)16(21)11-13/h4-9,11,17H,1-3,10H2,(H,22,24)/t17-/m0/s1. The summed E-state index contributed by atoms with van der Waals surface area (Å²) < 4.78 is 54.3. The number of rotatable bonds is 4. The molecule has 3 rings (SSSR count). The van der Waals surface area contributed by atoms with Gasteiger partial charge < -0.3 is 5.32 Å². The Bertz CT molecular complexity index is 952. The number of amides is 1. The first kappa shape index (κ1) is 19.9. The summed E-state index contributed by atoms with van der Waals surface area (Å²) in [5, 5.41) is 2.48. The van der Waals surface area contributed by atoms with Gasteiger partial charge in [-0.15, -0.1) is 0 Å². The van der Waals surface area contributed by atoms with Crippen LogP contribution in [0.5, 0.6) is 0 Å². The minimum atomic E-state index is -3.86. The van der Waals surface area contributed by atoms with Crippen LogP contribution in [0.4, 0.5) is 14.5 Å². The zero-order valence-corrected chi connectivity index (χ0v) is 16.6. The lowest BCUT2D eigenvalue weighted by Gasteiger charge is -2.33. The van der Waals surface area contributed by atoms with E-state index in [1.165, 1.54) is 22.5 Å². The number of piperidine rings is 1. The van der Waals surface area contributed by atoms with Crippen molar-refractivity contribution in [2.45, 2.75) is 30.2 Å². The summed E-state index contributed by atoms with van der Waals surface area (Å²) in [6, 6.07) is 8.26. The van der Waals surface area contributed by atoms with Crippen LogP contribution in [-0.4, -0.2) is 31.2 Å². The van der Waals surface area contributed by atoms with E-state index in [1.807, 2.05) is 0 Å². The number of anilines is 1. The largest absolute Gasteiger partial charge is 0.325 e. The van der Waals surface area contributed by atoms with Crippen LogP contribution in [0.1, 0.15) is 19.3 Å². The summed E-state index contributed by atoms with van der Waals surface area (Å²) in [6.07, 6.45) is 1.69. The molecule has 0 unspecified atom stereocenters. The van der Waals surface area contributed by atoms with Gasteiger partial charge in [-0.3, -0.25) is 4.79 Å². The summed E-state index contributed by atoms with van der Waals surface area (Å²) in [4.78, 5) is 12.8. The van der Waals surface area contributed by atoms with Gasteiger partial charge in [0.1, 0.15) is 6.04 Å². The zero-order valence-electron chi connectivity index (χ0n) is 14.2. The molecular weight excluding hydrogens is 442 g/mol. The Balaban J connectivity index is 1.85. The quantitative estimate of drug-likeness (QED) is 0.754. The Morgan fingerprint density at radius 3 is 2.44 bits per heavy atom. The van der Waals surface area contributed by atoms with Gasteiger partial charge in [0.15, 0.2) is 11.6 Å². The zero-order chi connectivity index (χ0) is 19.6. The van der Waals surface area contributed by atoms with Crippen LogP contribution in [0.25, 0.3) is 0 Å². The third-order valence-electron chi connectivity index (χ3n) is 4.36. The molecule has 1 amide bonds. The monoisotopic (exact) mass is 458 g/mol. The van der Waals surface area contributed by atoms with Crippen LogP contribution in [0, 0.1) is 11.6 Å². The van der Waals surface area contributed by atoms with E-state index in [0.717, 1.165) is 16.6 Å². The number of carbonyl (C=O) groups is 1. The molecule has 9 heteroatoms. The molecule has 1 aliphatic heterocycles. The van der Waals surface area contributed by atoms with Gasteiger partial charge in [0, 0.05) is 22.8 Å². The summed E-state index contributed by atoms with van der Waals surface area (Å²) in [6.45, 7) is 0.217. The third kappa shape index (κ3) is 4.36. The molecule has 2 aromatic carbocycles. The molecule has 27 heavy (non-hydrogen) atoms. The maximum atomic E-state index is 13.4. The van der Waals surface area contributed by atoms with Gasteiger partial charge in [0.2, 0.25) is 15.9 Å². The molecule has 0 radical (unpaired) electrons. The Morgan fingerprint density at radius 1 is 1.07 bits per heavy atom. The number of hydrogen-bond donors (Lipinski definition) is 1. The number of benzene rings is 2. The fraction of sp³-hybridized carbons (Fsp3) is 0.278.